The SMILES string of the molecule is Nc1ccc(OCCCN2CCOCC2)c(Cl)c1. The van der Waals surface area contributed by atoms with Gasteiger partial charge in [0.1, 0.15) is 5.75 Å². The second-order valence-corrected chi connectivity index (χ2v) is 4.75. The molecule has 100 valence electrons. The summed E-state index contributed by atoms with van der Waals surface area (Å²) >= 11 is 6.03. The number of anilines is 1. The summed E-state index contributed by atoms with van der Waals surface area (Å²) in [7, 11) is 0. The Morgan fingerprint density at radius 1 is 1.33 bits per heavy atom. The van der Waals surface area contributed by atoms with Crippen molar-refractivity contribution in [3.8, 4) is 5.75 Å². The highest BCUT2D eigenvalue weighted by molar-refractivity contribution is 6.32. The van der Waals surface area contributed by atoms with Gasteiger partial charge in [-0.25, -0.2) is 0 Å². The molecule has 0 spiro atoms. The number of nitrogens with zero attached hydrogens (tertiary/aromatic N) is 1. The fourth-order valence-electron chi connectivity index (χ4n) is 1.93. The summed E-state index contributed by atoms with van der Waals surface area (Å²) in [5.41, 5.74) is 6.27. The third kappa shape index (κ3) is 4.05. The number of halogens is 1. The van der Waals surface area contributed by atoms with Gasteiger partial charge in [0, 0.05) is 25.3 Å². The molecule has 0 aliphatic carbocycles. The van der Waals surface area contributed by atoms with Crippen LogP contribution in [-0.4, -0.2) is 44.4 Å². The Kier molecular flexibility index (Phi) is 5.11. The molecular weight excluding hydrogens is 252 g/mol. The summed E-state index contributed by atoms with van der Waals surface area (Å²) in [4.78, 5) is 2.39. The first-order valence-corrected chi connectivity index (χ1v) is 6.61. The zero-order valence-electron chi connectivity index (χ0n) is 10.4. The molecular formula is C13H19ClN2O2. The summed E-state index contributed by atoms with van der Waals surface area (Å²) in [6, 6.07) is 5.31. The van der Waals surface area contributed by atoms with Crippen LogP contribution >= 0.6 is 11.6 Å². The second-order valence-electron chi connectivity index (χ2n) is 4.35. The molecule has 4 nitrogen and oxygen atoms in total. The Bertz CT molecular complexity index is 381. The summed E-state index contributed by atoms with van der Waals surface area (Å²) in [6.07, 6.45) is 0.987. The summed E-state index contributed by atoms with van der Waals surface area (Å²) in [5, 5.41) is 0.571. The van der Waals surface area contributed by atoms with Crippen LogP contribution in [0.3, 0.4) is 0 Å². The maximum absolute atomic E-state index is 6.03. The third-order valence-corrected chi connectivity index (χ3v) is 3.23. The molecule has 1 aromatic rings. The summed E-state index contributed by atoms with van der Waals surface area (Å²) in [5.74, 6) is 0.702. The van der Waals surface area contributed by atoms with Gasteiger partial charge < -0.3 is 15.2 Å². The van der Waals surface area contributed by atoms with Gasteiger partial charge in [-0.2, -0.15) is 0 Å². The van der Waals surface area contributed by atoms with E-state index in [0.29, 0.717) is 23.1 Å². The van der Waals surface area contributed by atoms with Crippen LogP contribution in [0.5, 0.6) is 5.75 Å². The molecule has 1 aromatic carbocycles. The zero-order chi connectivity index (χ0) is 12.8. The first-order chi connectivity index (χ1) is 8.75. The van der Waals surface area contributed by atoms with Crippen LogP contribution in [0.15, 0.2) is 18.2 Å². The van der Waals surface area contributed by atoms with E-state index in [0.717, 1.165) is 39.3 Å². The largest absolute Gasteiger partial charge is 0.492 e. The Labute approximate surface area is 113 Å². The fourth-order valence-corrected chi connectivity index (χ4v) is 2.17. The summed E-state index contributed by atoms with van der Waals surface area (Å²) < 4.78 is 10.9. The molecule has 1 aliphatic rings. The van der Waals surface area contributed by atoms with E-state index in [1.54, 1.807) is 12.1 Å². The van der Waals surface area contributed by atoms with Crippen LogP contribution in [-0.2, 0) is 4.74 Å². The minimum Gasteiger partial charge on any atom is -0.492 e. The van der Waals surface area contributed by atoms with Crippen molar-refractivity contribution in [1.82, 2.24) is 4.90 Å². The molecule has 2 rings (SSSR count). The van der Waals surface area contributed by atoms with Gasteiger partial charge in [-0.05, 0) is 24.6 Å². The average Bonchev–Trinajstić information content (AvgIpc) is 2.38. The van der Waals surface area contributed by atoms with Crippen molar-refractivity contribution in [2.75, 3.05) is 45.2 Å². The van der Waals surface area contributed by atoms with Gasteiger partial charge in [-0.15, -0.1) is 0 Å². The van der Waals surface area contributed by atoms with Crippen molar-refractivity contribution in [3.63, 3.8) is 0 Å². The van der Waals surface area contributed by atoms with Crippen LogP contribution in [0, 0.1) is 0 Å². The monoisotopic (exact) mass is 270 g/mol. The molecule has 1 saturated heterocycles. The number of hydrogen-bond donors (Lipinski definition) is 1. The quantitative estimate of drug-likeness (QED) is 0.657. The number of nitrogen functional groups attached to an aromatic ring is 1. The second kappa shape index (κ2) is 6.83. The van der Waals surface area contributed by atoms with E-state index in [1.165, 1.54) is 0 Å². The maximum Gasteiger partial charge on any atom is 0.138 e. The van der Waals surface area contributed by atoms with Crippen molar-refractivity contribution in [2.45, 2.75) is 6.42 Å². The summed E-state index contributed by atoms with van der Waals surface area (Å²) in [6.45, 7) is 5.41. The lowest BCUT2D eigenvalue weighted by Gasteiger charge is -2.26. The van der Waals surface area contributed by atoms with E-state index in [-0.39, 0.29) is 0 Å². The smallest absolute Gasteiger partial charge is 0.138 e. The molecule has 0 aromatic heterocycles. The van der Waals surface area contributed by atoms with Crippen LogP contribution in [0.25, 0.3) is 0 Å². The minimum atomic E-state index is 0.571. The molecule has 2 N–H and O–H groups in total. The normalized spacial score (nSPS) is 16.7. The molecule has 0 bridgehead atoms. The van der Waals surface area contributed by atoms with E-state index in [9.17, 15) is 0 Å². The van der Waals surface area contributed by atoms with E-state index in [2.05, 4.69) is 4.90 Å². The number of benzene rings is 1. The van der Waals surface area contributed by atoms with Gasteiger partial charge in [-0.3, -0.25) is 4.90 Å². The fraction of sp³-hybridized carbons (Fsp3) is 0.538. The Morgan fingerprint density at radius 3 is 2.83 bits per heavy atom. The molecule has 1 fully saturated rings. The lowest BCUT2D eigenvalue weighted by Crippen LogP contribution is -2.37. The van der Waals surface area contributed by atoms with Gasteiger partial charge in [0.15, 0.2) is 0 Å². The van der Waals surface area contributed by atoms with Crippen molar-refractivity contribution >= 4 is 17.3 Å². The lowest BCUT2D eigenvalue weighted by atomic mass is 10.3. The van der Waals surface area contributed by atoms with Crippen molar-refractivity contribution < 1.29 is 9.47 Å². The molecule has 0 unspecified atom stereocenters. The first kappa shape index (κ1) is 13.5. The number of morpholine rings is 1. The topological polar surface area (TPSA) is 47.7 Å². The number of hydrogen-bond acceptors (Lipinski definition) is 4. The van der Waals surface area contributed by atoms with Crippen molar-refractivity contribution in [3.05, 3.63) is 23.2 Å². The van der Waals surface area contributed by atoms with E-state index in [1.807, 2.05) is 6.07 Å². The third-order valence-electron chi connectivity index (χ3n) is 2.94. The molecule has 0 radical (unpaired) electrons. The van der Waals surface area contributed by atoms with E-state index < -0.39 is 0 Å². The van der Waals surface area contributed by atoms with Gasteiger partial charge in [0.2, 0.25) is 0 Å². The van der Waals surface area contributed by atoms with E-state index >= 15 is 0 Å². The Hall–Kier alpha value is -0.970. The van der Waals surface area contributed by atoms with Crippen molar-refractivity contribution in [1.29, 1.82) is 0 Å². The Balaban J connectivity index is 1.68. The van der Waals surface area contributed by atoms with Crippen LogP contribution in [0.4, 0.5) is 5.69 Å². The molecule has 0 atom stereocenters. The van der Waals surface area contributed by atoms with Crippen LogP contribution in [0.2, 0.25) is 5.02 Å². The predicted molar refractivity (Wildman–Crippen MR) is 73.2 cm³/mol. The highest BCUT2D eigenvalue weighted by Crippen LogP contribution is 2.26. The standard InChI is InChI=1S/C13H19ClN2O2/c14-12-10-11(15)2-3-13(12)18-7-1-4-16-5-8-17-9-6-16/h2-3,10H,1,4-9,15H2. The molecule has 18 heavy (non-hydrogen) atoms. The van der Waals surface area contributed by atoms with Crippen LogP contribution < -0.4 is 10.5 Å². The van der Waals surface area contributed by atoms with Gasteiger partial charge in [0.05, 0.1) is 24.8 Å². The number of nitrogens with two attached hydrogens (primary N) is 1. The van der Waals surface area contributed by atoms with Crippen molar-refractivity contribution in [2.24, 2.45) is 0 Å². The van der Waals surface area contributed by atoms with Gasteiger partial charge in [-0.1, -0.05) is 11.6 Å². The first-order valence-electron chi connectivity index (χ1n) is 6.23. The zero-order valence-corrected chi connectivity index (χ0v) is 11.2. The minimum absolute atomic E-state index is 0.571. The molecule has 5 heteroatoms. The van der Waals surface area contributed by atoms with Crippen LogP contribution in [0.1, 0.15) is 6.42 Å². The predicted octanol–water partition coefficient (Wildman–Crippen LogP) is 2.02. The maximum atomic E-state index is 6.03. The highest BCUT2D eigenvalue weighted by Gasteiger charge is 2.09. The Morgan fingerprint density at radius 2 is 2.11 bits per heavy atom. The number of rotatable bonds is 5. The molecule has 1 aliphatic heterocycles. The average molecular weight is 271 g/mol. The number of ether oxygens (including phenoxy) is 2. The molecule has 0 amide bonds. The van der Waals surface area contributed by atoms with Gasteiger partial charge >= 0.3 is 0 Å². The highest BCUT2D eigenvalue weighted by atomic mass is 35.5. The van der Waals surface area contributed by atoms with E-state index in [4.69, 9.17) is 26.8 Å². The van der Waals surface area contributed by atoms with Gasteiger partial charge in [0.25, 0.3) is 0 Å². The molecule has 1 heterocycles. The lowest BCUT2D eigenvalue weighted by molar-refractivity contribution is 0.0358. The molecule has 0 saturated carbocycles.